The predicted octanol–water partition coefficient (Wildman–Crippen LogP) is 4.20. The maximum Gasteiger partial charge on any atom is 0.319 e. The summed E-state index contributed by atoms with van der Waals surface area (Å²) in [5.41, 5.74) is 0.929. The Hall–Kier alpha value is -2.05. The lowest BCUT2D eigenvalue weighted by Gasteiger charge is -2.19. The lowest BCUT2D eigenvalue weighted by molar-refractivity contribution is 0.0787. The van der Waals surface area contributed by atoms with E-state index in [1.54, 1.807) is 36.2 Å². The minimum atomic E-state index is -0.335. The molecule has 0 spiro atoms. The van der Waals surface area contributed by atoms with Crippen LogP contribution in [0.25, 0.3) is 0 Å². The molecule has 0 bridgehead atoms. The number of hydrogen-bond acceptors (Lipinski definition) is 3. The van der Waals surface area contributed by atoms with Crippen LogP contribution >= 0.6 is 22.9 Å². The molecule has 7 heteroatoms. The first-order chi connectivity index (χ1) is 11.4. The van der Waals surface area contributed by atoms with E-state index in [1.165, 1.54) is 11.3 Å². The number of rotatable bonds is 5. The Kier molecular flexibility index (Phi) is 6.23. The van der Waals surface area contributed by atoms with Crippen LogP contribution in [0.5, 0.6) is 0 Å². The summed E-state index contributed by atoms with van der Waals surface area (Å²) in [7, 11) is 1.72. The first-order valence-corrected chi connectivity index (χ1v) is 8.72. The topological polar surface area (TPSA) is 61.4 Å². The van der Waals surface area contributed by atoms with Gasteiger partial charge in [0.05, 0.1) is 22.1 Å². The highest BCUT2D eigenvalue weighted by molar-refractivity contribution is 7.16. The largest absolute Gasteiger partial charge is 0.336 e. The predicted molar refractivity (Wildman–Crippen MR) is 98.9 cm³/mol. The van der Waals surface area contributed by atoms with Crippen molar-refractivity contribution in [2.45, 2.75) is 26.4 Å². The van der Waals surface area contributed by atoms with Crippen molar-refractivity contribution in [3.05, 3.63) is 51.2 Å². The summed E-state index contributed by atoms with van der Waals surface area (Å²) in [5.74, 6) is -0.167. The number of hydrogen-bond donors (Lipinski definition) is 2. The van der Waals surface area contributed by atoms with E-state index in [0.717, 1.165) is 4.88 Å². The van der Waals surface area contributed by atoms with Crippen LogP contribution in [0, 0.1) is 0 Å². The van der Waals surface area contributed by atoms with E-state index < -0.39 is 0 Å². The monoisotopic (exact) mass is 365 g/mol. The highest BCUT2D eigenvalue weighted by atomic mass is 35.5. The average molecular weight is 366 g/mol. The summed E-state index contributed by atoms with van der Waals surface area (Å²) in [6.07, 6.45) is 0. The first-order valence-electron chi connectivity index (χ1n) is 7.53. The highest BCUT2D eigenvalue weighted by Gasteiger charge is 2.17. The van der Waals surface area contributed by atoms with Crippen molar-refractivity contribution < 1.29 is 9.59 Å². The van der Waals surface area contributed by atoms with Crippen LogP contribution < -0.4 is 10.6 Å². The molecule has 0 radical (unpaired) electrons. The molecule has 0 aliphatic rings. The van der Waals surface area contributed by atoms with E-state index in [0.29, 0.717) is 22.1 Å². The lowest BCUT2D eigenvalue weighted by Crippen LogP contribution is -2.35. The maximum absolute atomic E-state index is 12.7. The fourth-order valence-corrected chi connectivity index (χ4v) is 3.29. The molecule has 2 aromatic rings. The molecule has 5 nitrogen and oxygen atoms in total. The van der Waals surface area contributed by atoms with E-state index in [1.807, 2.05) is 26.0 Å². The summed E-state index contributed by atoms with van der Waals surface area (Å²) in [6.45, 7) is 4.20. The number of halogens is 1. The summed E-state index contributed by atoms with van der Waals surface area (Å²) in [4.78, 5) is 27.2. The number of benzene rings is 1. The van der Waals surface area contributed by atoms with Crippen molar-refractivity contribution >= 4 is 40.6 Å². The third kappa shape index (κ3) is 4.97. The second-order valence-corrected chi connectivity index (χ2v) is 7.47. The summed E-state index contributed by atoms with van der Waals surface area (Å²) in [5, 5.41) is 5.47. The number of carbonyl (C=O) groups is 2. The minimum Gasteiger partial charge on any atom is -0.336 e. The molecule has 0 saturated carbocycles. The number of amides is 3. The van der Waals surface area contributed by atoms with E-state index in [4.69, 9.17) is 11.6 Å². The van der Waals surface area contributed by atoms with Gasteiger partial charge >= 0.3 is 6.03 Å². The number of thiophene rings is 1. The van der Waals surface area contributed by atoms with Gasteiger partial charge in [-0.3, -0.25) is 4.79 Å². The molecule has 24 heavy (non-hydrogen) atoms. The Balaban J connectivity index is 2.12. The number of nitrogens with zero attached hydrogens (tertiary/aromatic N) is 1. The highest BCUT2D eigenvalue weighted by Crippen LogP contribution is 2.24. The van der Waals surface area contributed by atoms with E-state index in [-0.39, 0.29) is 18.0 Å². The number of para-hydroxylation sites is 1. The SMILES string of the molecule is CC(C)NC(=O)Nc1ccccc1C(=O)N(C)Cc1ccc(Cl)s1. The van der Waals surface area contributed by atoms with Gasteiger partial charge in [-0.15, -0.1) is 11.3 Å². The molecule has 2 rings (SSSR count). The van der Waals surface area contributed by atoms with Crippen LogP contribution in [-0.4, -0.2) is 29.9 Å². The second kappa shape index (κ2) is 8.17. The van der Waals surface area contributed by atoms with Crippen molar-refractivity contribution in [1.82, 2.24) is 10.2 Å². The second-order valence-electron chi connectivity index (χ2n) is 5.67. The van der Waals surface area contributed by atoms with Crippen molar-refractivity contribution in [3.63, 3.8) is 0 Å². The molecule has 3 amide bonds. The van der Waals surface area contributed by atoms with Crippen LogP contribution in [0.4, 0.5) is 10.5 Å². The minimum absolute atomic E-state index is 0.0131. The Morgan fingerprint density at radius 2 is 1.92 bits per heavy atom. The number of carbonyl (C=O) groups excluding carboxylic acids is 2. The Bertz CT molecular complexity index is 730. The van der Waals surface area contributed by atoms with Gasteiger partial charge in [-0.2, -0.15) is 0 Å². The molecular weight excluding hydrogens is 346 g/mol. The van der Waals surface area contributed by atoms with E-state index in [2.05, 4.69) is 10.6 Å². The fourth-order valence-electron chi connectivity index (χ4n) is 2.15. The molecule has 0 fully saturated rings. The zero-order valence-electron chi connectivity index (χ0n) is 13.8. The molecule has 0 unspecified atom stereocenters. The van der Waals surface area contributed by atoms with Crippen molar-refractivity contribution in [2.75, 3.05) is 12.4 Å². The molecule has 128 valence electrons. The molecule has 1 heterocycles. The smallest absolute Gasteiger partial charge is 0.319 e. The molecular formula is C17H20ClN3O2S. The number of nitrogens with one attached hydrogen (secondary N) is 2. The van der Waals surface area contributed by atoms with Crippen LogP contribution in [0.3, 0.4) is 0 Å². The average Bonchev–Trinajstić information content (AvgIpc) is 2.91. The van der Waals surface area contributed by atoms with Gasteiger partial charge in [0.2, 0.25) is 0 Å². The van der Waals surface area contributed by atoms with Gasteiger partial charge in [0, 0.05) is 18.0 Å². The third-order valence-electron chi connectivity index (χ3n) is 3.19. The Morgan fingerprint density at radius 3 is 2.54 bits per heavy atom. The van der Waals surface area contributed by atoms with Gasteiger partial charge in [-0.05, 0) is 38.1 Å². The molecule has 1 aromatic heterocycles. The summed E-state index contributed by atoms with van der Waals surface area (Å²) in [6, 6.07) is 10.4. The summed E-state index contributed by atoms with van der Waals surface area (Å²) < 4.78 is 0.693. The third-order valence-corrected chi connectivity index (χ3v) is 4.41. The summed E-state index contributed by atoms with van der Waals surface area (Å²) >= 11 is 7.37. The van der Waals surface area contributed by atoms with Crippen LogP contribution in [-0.2, 0) is 6.54 Å². The van der Waals surface area contributed by atoms with Gasteiger partial charge in [0.25, 0.3) is 5.91 Å². The quantitative estimate of drug-likeness (QED) is 0.833. The molecule has 0 aliphatic heterocycles. The van der Waals surface area contributed by atoms with E-state index in [9.17, 15) is 9.59 Å². The molecule has 0 aliphatic carbocycles. The zero-order valence-corrected chi connectivity index (χ0v) is 15.4. The van der Waals surface area contributed by atoms with Crippen molar-refractivity contribution in [3.8, 4) is 0 Å². The molecule has 0 saturated heterocycles. The van der Waals surface area contributed by atoms with Crippen molar-refractivity contribution in [2.24, 2.45) is 0 Å². The number of anilines is 1. The van der Waals surface area contributed by atoms with Crippen LogP contribution in [0.2, 0.25) is 4.34 Å². The normalized spacial score (nSPS) is 10.5. The zero-order chi connectivity index (χ0) is 17.7. The molecule has 1 aromatic carbocycles. The van der Waals surface area contributed by atoms with Gasteiger partial charge in [0.15, 0.2) is 0 Å². The van der Waals surface area contributed by atoms with Gasteiger partial charge in [0.1, 0.15) is 0 Å². The fraction of sp³-hybridized carbons (Fsp3) is 0.294. The standard InChI is InChI=1S/C17H20ClN3O2S/c1-11(2)19-17(23)20-14-7-5-4-6-13(14)16(22)21(3)10-12-8-9-15(18)24-12/h4-9,11H,10H2,1-3H3,(H2,19,20,23). The van der Waals surface area contributed by atoms with Crippen molar-refractivity contribution in [1.29, 1.82) is 0 Å². The Labute approximate surface area is 150 Å². The van der Waals surface area contributed by atoms with E-state index >= 15 is 0 Å². The van der Waals surface area contributed by atoms with Crippen LogP contribution in [0.1, 0.15) is 29.1 Å². The first kappa shape index (κ1) is 18.3. The Morgan fingerprint density at radius 1 is 1.21 bits per heavy atom. The van der Waals surface area contributed by atoms with Gasteiger partial charge in [-0.1, -0.05) is 23.7 Å². The lowest BCUT2D eigenvalue weighted by atomic mass is 10.1. The molecule has 0 atom stereocenters. The maximum atomic E-state index is 12.7. The molecule has 2 N–H and O–H groups in total. The number of urea groups is 1. The van der Waals surface area contributed by atoms with Gasteiger partial charge in [-0.25, -0.2) is 4.79 Å². The van der Waals surface area contributed by atoms with Gasteiger partial charge < -0.3 is 15.5 Å². The van der Waals surface area contributed by atoms with Crippen LogP contribution in [0.15, 0.2) is 36.4 Å².